The molecular formula is C12H14N2O. The minimum atomic E-state index is 0.134. The molecule has 0 aliphatic carbocycles. The Balaban J connectivity index is 2.57. The topological polar surface area (TPSA) is 34.0 Å². The average Bonchev–Trinajstić information content (AvgIpc) is 2.58. The predicted molar refractivity (Wildman–Crippen MR) is 61.2 cm³/mol. The number of carbonyl (C=O) groups is 1. The van der Waals surface area contributed by atoms with E-state index in [0.29, 0.717) is 6.54 Å². The van der Waals surface area contributed by atoms with E-state index >= 15 is 0 Å². The first kappa shape index (κ1) is 9.93. The molecule has 1 N–H and O–H groups in total. The fraction of sp³-hybridized carbons (Fsp3) is 0.250. The number of carbonyl (C=O) groups excluding carboxylic acids is 1. The van der Waals surface area contributed by atoms with Crippen molar-refractivity contribution < 1.29 is 4.79 Å². The van der Waals surface area contributed by atoms with E-state index in [9.17, 15) is 4.79 Å². The standard InChI is InChI=1S/C12H14N2O/c1-13-7-12(15)10-8-14(2)11-6-4-3-5-9(10)11/h3-6,8,13H,7H2,1-2H3. The molecule has 1 aromatic heterocycles. The highest BCUT2D eigenvalue weighted by molar-refractivity contribution is 6.08. The van der Waals surface area contributed by atoms with E-state index in [1.807, 2.05) is 42.1 Å². The number of aryl methyl sites for hydroxylation is 1. The second-order valence-corrected chi connectivity index (χ2v) is 3.62. The van der Waals surface area contributed by atoms with Crippen molar-refractivity contribution in [3.05, 3.63) is 36.0 Å². The fourth-order valence-corrected chi connectivity index (χ4v) is 1.82. The molecule has 3 heteroatoms. The summed E-state index contributed by atoms with van der Waals surface area (Å²) in [5.74, 6) is 0.134. The Bertz CT molecular complexity index is 499. The third kappa shape index (κ3) is 1.66. The predicted octanol–water partition coefficient (Wildman–Crippen LogP) is 1.58. The lowest BCUT2D eigenvalue weighted by molar-refractivity contribution is 0.0995. The Hall–Kier alpha value is -1.61. The highest BCUT2D eigenvalue weighted by atomic mass is 16.1. The van der Waals surface area contributed by atoms with E-state index in [2.05, 4.69) is 5.32 Å². The number of rotatable bonds is 3. The number of hydrogen-bond acceptors (Lipinski definition) is 2. The summed E-state index contributed by atoms with van der Waals surface area (Å²) in [6, 6.07) is 7.94. The smallest absolute Gasteiger partial charge is 0.178 e. The summed E-state index contributed by atoms with van der Waals surface area (Å²) in [6.45, 7) is 0.383. The number of Topliss-reactive ketones (excluding diaryl/α,β-unsaturated/α-hetero) is 1. The first-order valence-corrected chi connectivity index (χ1v) is 4.96. The lowest BCUT2D eigenvalue weighted by atomic mass is 10.1. The van der Waals surface area contributed by atoms with E-state index in [-0.39, 0.29) is 5.78 Å². The molecule has 0 atom stereocenters. The molecule has 0 amide bonds. The number of benzene rings is 1. The maximum atomic E-state index is 11.8. The van der Waals surface area contributed by atoms with Crippen LogP contribution < -0.4 is 5.32 Å². The Kier molecular flexibility index (Phi) is 2.56. The number of hydrogen-bond donors (Lipinski definition) is 1. The van der Waals surface area contributed by atoms with Crippen LogP contribution in [-0.2, 0) is 7.05 Å². The minimum Gasteiger partial charge on any atom is -0.350 e. The number of nitrogens with one attached hydrogen (secondary N) is 1. The number of para-hydroxylation sites is 1. The van der Waals surface area contributed by atoms with Gasteiger partial charge in [-0.25, -0.2) is 0 Å². The quantitative estimate of drug-likeness (QED) is 0.767. The molecule has 0 saturated carbocycles. The molecule has 3 nitrogen and oxygen atoms in total. The third-order valence-corrected chi connectivity index (χ3v) is 2.53. The van der Waals surface area contributed by atoms with Crippen molar-refractivity contribution in [1.29, 1.82) is 0 Å². The zero-order valence-electron chi connectivity index (χ0n) is 8.95. The van der Waals surface area contributed by atoms with E-state index in [1.165, 1.54) is 0 Å². The Morgan fingerprint density at radius 1 is 1.40 bits per heavy atom. The maximum absolute atomic E-state index is 11.8. The summed E-state index contributed by atoms with van der Waals surface area (Å²) in [7, 11) is 3.74. The van der Waals surface area contributed by atoms with Crippen LogP contribution in [-0.4, -0.2) is 23.9 Å². The molecule has 78 valence electrons. The largest absolute Gasteiger partial charge is 0.350 e. The molecule has 0 aliphatic rings. The molecule has 1 aromatic carbocycles. The number of ketones is 1. The van der Waals surface area contributed by atoms with E-state index in [4.69, 9.17) is 0 Å². The second kappa shape index (κ2) is 3.87. The van der Waals surface area contributed by atoms with E-state index in [0.717, 1.165) is 16.5 Å². The van der Waals surface area contributed by atoms with Gasteiger partial charge in [-0.05, 0) is 13.1 Å². The van der Waals surface area contributed by atoms with Gasteiger partial charge in [0, 0.05) is 29.7 Å². The summed E-state index contributed by atoms with van der Waals surface area (Å²) in [4.78, 5) is 11.8. The zero-order chi connectivity index (χ0) is 10.8. The van der Waals surface area contributed by atoms with Crippen LogP contribution in [0.15, 0.2) is 30.5 Å². The van der Waals surface area contributed by atoms with Crippen LogP contribution in [0.2, 0.25) is 0 Å². The molecular weight excluding hydrogens is 188 g/mol. The van der Waals surface area contributed by atoms with Crippen molar-refractivity contribution in [3.63, 3.8) is 0 Å². The molecule has 0 unspecified atom stereocenters. The molecule has 0 saturated heterocycles. The number of likely N-dealkylation sites (N-methyl/N-ethyl adjacent to an activating group) is 1. The van der Waals surface area contributed by atoms with Crippen LogP contribution in [0.25, 0.3) is 10.9 Å². The van der Waals surface area contributed by atoms with Gasteiger partial charge in [0.25, 0.3) is 0 Å². The highest BCUT2D eigenvalue weighted by Crippen LogP contribution is 2.20. The van der Waals surface area contributed by atoms with Gasteiger partial charge in [0.2, 0.25) is 0 Å². The fourth-order valence-electron chi connectivity index (χ4n) is 1.82. The average molecular weight is 202 g/mol. The molecule has 0 spiro atoms. The number of fused-ring (bicyclic) bond motifs is 1. The Morgan fingerprint density at radius 3 is 2.87 bits per heavy atom. The third-order valence-electron chi connectivity index (χ3n) is 2.53. The van der Waals surface area contributed by atoms with Gasteiger partial charge in [-0.2, -0.15) is 0 Å². The van der Waals surface area contributed by atoms with Crippen molar-refractivity contribution in [3.8, 4) is 0 Å². The molecule has 0 radical (unpaired) electrons. The van der Waals surface area contributed by atoms with Crippen LogP contribution in [0.5, 0.6) is 0 Å². The summed E-state index contributed by atoms with van der Waals surface area (Å²) < 4.78 is 1.98. The van der Waals surface area contributed by atoms with Gasteiger partial charge in [0.05, 0.1) is 6.54 Å². The minimum absolute atomic E-state index is 0.134. The van der Waals surface area contributed by atoms with Crippen molar-refractivity contribution >= 4 is 16.7 Å². The first-order chi connectivity index (χ1) is 7.24. The lowest BCUT2D eigenvalue weighted by Gasteiger charge is -1.96. The SMILES string of the molecule is CNCC(=O)c1cn(C)c2ccccc12. The molecule has 0 aliphatic heterocycles. The van der Waals surface area contributed by atoms with Crippen LogP contribution >= 0.6 is 0 Å². The van der Waals surface area contributed by atoms with Gasteiger partial charge in [0.1, 0.15) is 0 Å². The van der Waals surface area contributed by atoms with Gasteiger partial charge >= 0.3 is 0 Å². The van der Waals surface area contributed by atoms with Gasteiger partial charge in [-0.1, -0.05) is 18.2 Å². The van der Waals surface area contributed by atoms with E-state index in [1.54, 1.807) is 7.05 Å². The molecule has 2 aromatic rings. The second-order valence-electron chi connectivity index (χ2n) is 3.62. The van der Waals surface area contributed by atoms with Crippen molar-refractivity contribution in [2.45, 2.75) is 0 Å². The molecule has 0 bridgehead atoms. The Labute approximate surface area is 88.7 Å². The maximum Gasteiger partial charge on any atom is 0.178 e. The monoisotopic (exact) mass is 202 g/mol. The normalized spacial score (nSPS) is 10.8. The van der Waals surface area contributed by atoms with Gasteiger partial charge < -0.3 is 9.88 Å². The molecule has 2 rings (SSSR count). The molecule has 0 fully saturated rings. The van der Waals surface area contributed by atoms with Crippen molar-refractivity contribution in [1.82, 2.24) is 9.88 Å². The van der Waals surface area contributed by atoms with Crippen LogP contribution in [0, 0.1) is 0 Å². The molecule has 15 heavy (non-hydrogen) atoms. The Morgan fingerprint density at radius 2 is 2.13 bits per heavy atom. The summed E-state index contributed by atoms with van der Waals surface area (Å²) >= 11 is 0. The summed E-state index contributed by atoms with van der Waals surface area (Å²) in [5.41, 5.74) is 1.89. The van der Waals surface area contributed by atoms with Crippen LogP contribution in [0.3, 0.4) is 0 Å². The van der Waals surface area contributed by atoms with Gasteiger partial charge in [-0.15, -0.1) is 0 Å². The lowest BCUT2D eigenvalue weighted by Crippen LogP contribution is -2.18. The number of nitrogens with zero attached hydrogens (tertiary/aromatic N) is 1. The van der Waals surface area contributed by atoms with E-state index < -0.39 is 0 Å². The first-order valence-electron chi connectivity index (χ1n) is 4.96. The summed E-state index contributed by atoms with van der Waals surface area (Å²) in [5, 5.41) is 3.91. The zero-order valence-corrected chi connectivity index (χ0v) is 8.95. The van der Waals surface area contributed by atoms with Gasteiger partial charge in [-0.3, -0.25) is 4.79 Å². The molecule has 1 heterocycles. The van der Waals surface area contributed by atoms with Crippen LogP contribution in [0.4, 0.5) is 0 Å². The number of aromatic nitrogens is 1. The van der Waals surface area contributed by atoms with Crippen LogP contribution in [0.1, 0.15) is 10.4 Å². The summed E-state index contributed by atoms with van der Waals surface area (Å²) in [6.07, 6.45) is 1.89. The highest BCUT2D eigenvalue weighted by Gasteiger charge is 2.11. The van der Waals surface area contributed by atoms with Crippen molar-refractivity contribution in [2.24, 2.45) is 7.05 Å². The van der Waals surface area contributed by atoms with Gasteiger partial charge in [0.15, 0.2) is 5.78 Å². The van der Waals surface area contributed by atoms with Crippen molar-refractivity contribution in [2.75, 3.05) is 13.6 Å².